The summed E-state index contributed by atoms with van der Waals surface area (Å²) >= 11 is 1.97. The minimum absolute atomic E-state index is 0.200. The lowest BCUT2D eigenvalue weighted by Crippen LogP contribution is -2.43. The van der Waals surface area contributed by atoms with E-state index in [1.807, 2.05) is 17.8 Å². The molecule has 0 radical (unpaired) electrons. The van der Waals surface area contributed by atoms with E-state index in [2.05, 4.69) is 18.7 Å². The highest BCUT2D eigenvalue weighted by molar-refractivity contribution is 8.00. The number of nitrogens with zero attached hydrogens (tertiary/aromatic N) is 1. The number of thioether (sulfide) groups is 1. The van der Waals surface area contributed by atoms with Gasteiger partial charge in [0.25, 0.3) is 0 Å². The maximum absolute atomic E-state index is 11.6. The van der Waals surface area contributed by atoms with E-state index < -0.39 is 0 Å². The second-order valence-corrected chi connectivity index (χ2v) is 7.10. The highest BCUT2D eigenvalue weighted by atomic mass is 32.2. The second-order valence-electron chi connectivity index (χ2n) is 5.29. The van der Waals surface area contributed by atoms with Crippen molar-refractivity contribution in [3.8, 4) is 0 Å². The summed E-state index contributed by atoms with van der Waals surface area (Å²) < 4.78 is 4.96. The third-order valence-electron chi connectivity index (χ3n) is 3.22. The minimum Gasteiger partial charge on any atom is -0.465 e. The van der Waals surface area contributed by atoms with Crippen LogP contribution in [0.3, 0.4) is 0 Å². The SMILES string of the molecule is COC(=O)c1ccc(N)c(N2CCSC(C)(C)C2)c1. The molecule has 1 aliphatic heterocycles. The molecular weight excluding hydrogens is 260 g/mol. The smallest absolute Gasteiger partial charge is 0.337 e. The van der Waals surface area contributed by atoms with Crippen LogP contribution in [0.2, 0.25) is 0 Å². The Morgan fingerprint density at radius 1 is 1.47 bits per heavy atom. The van der Waals surface area contributed by atoms with Gasteiger partial charge in [-0.25, -0.2) is 4.79 Å². The Labute approximate surface area is 118 Å². The quantitative estimate of drug-likeness (QED) is 0.666. The maximum atomic E-state index is 11.6. The zero-order valence-electron chi connectivity index (χ0n) is 11.6. The van der Waals surface area contributed by atoms with E-state index in [4.69, 9.17) is 10.5 Å². The van der Waals surface area contributed by atoms with Gasteiger partial charge < -0.3 is 15.4 Å². The van der Waals surface area contributed by atoms with Gasteiger partial charge in [0.2, 0.25) is 0 Å². The van der Waals surface area contributed by atoms with Crippen LogP contribution in [0.1, 0.15) is 24.2 Å². The Balaban J connectivity index is 2.30. The molecule has 1 saturated heterocycles. The molecule has 0 atom stereocenters. The number of nitrogens with two attached hydrogens (primary N) is 1. The zero-order valence-corrected chi connectivity index (χ0v) is 12.4. The van der Waals surface area contributed by atoms with E-state index in [9.17, 15) is 4.79 Å². The van der Waals surface area contributed by atoms with Gasteiger partial charge in [0.05, 0.1) is 24.0 Å². The van der Waals surface area contributed by atoms with Crippen molar-refractivity contribution < 1.29 is 9.53 Å². The molecule has 0 aliphatic carbocycles. The first-order valence-corrected chi connectivity index (χ1v) is 7.28. The van der Waals surface area contributed by atoms with E-state index in [1.54, 1.807) is 12.1 Å². The van der Waals surface area contributed by atoms with Crippen molar-refractivity contribution in [2.75, 3.05) is 36.6 Å². The van der Waals surface area contributed by atoms with Crippen LogP contribution in [-0.2, 0) is 4.74 Å². The van der Waals surface area contributed by atoms with Crippen LogP contribution < -0.4 is 10.6 Å². The standard InChI is InChI=1S/C14H20N2O2S/c1-14(2)9-16(6-7-19-14)12-8-10(13(17)18-3)4-5-11(12)15/h4-5,8H,6-7,9,15H2,1-3H3. The fourth-order valence-corrected chi connectivity index (χ4v) is 3.40. The number of nitrogen functional groups attached to an aromatic ring is 1. The van der Waals surface area contributed by atoms with Gasteiger partial charge in [0, 0.05) is 23.6 Å². The third-order valence-corrected chi connectivity index (χ3v) is 4.52. The highest BCUT2D eigenvalue weighted by Crippen LogP contribution is 2.34. The molecular formula is C14H20N2O2S. The molecule has 1 aliphatic rings. The summed E-state index contributed by atoms with van der Waals surface area (Å²) in [6, 6.07) is 5.30. The molecule has 2 rings (SSSR count). The third kappa shape index (κ3) is 3.15. The number of esters is 1. The summed E-state index contributed by atoms with van der Waals surface area (Å²) in [5.41, 5.74) is 8.23. The number of anilines is 2. The average molecular weight is 280 g/mol. The molecule has 1 aromatic rings. The van der Waals surface area contributed by atoms with Gasteiger partial charge in [-0.2, -0.15) is 11.8 Å². The largest absolute Gasteiger partial charge is 0.465 e. The van der Waals surface area contributed by atoms with Gasteiger partial charge >= 0.3 is 5.97 Å². The van der Waals surface area contributed by atoms with Gasteiger partial charge in [0.1, 0.15) is 0 Å². The number of ether oxygens (including phenoxy) is 1. The number of benzene rings is 1. The van der Waals surface area contributed by atoms with Crippen molar-refractivity contribution in [2.45, 2.75) is 18.6 Å². The van der Waals surface area contributed by atoms with Crippen molar-refractivity contribution in [2.24, 2.45) is 0 Å². The molecule has 0 amide bonds. The average Bonchev–Trinajstić information content (AvgIpc) is 2.37. The first-order chi connectivity index (χ1) is 8.93. The normalized spacial score (nSPS) is 18.2. The molecule has 104 valence electrons. The maximum Gasteiger partial charge on any atom is 0.337 e. The Morgan fingerprint density at radius 3 is 2.84 bits per heavy atom. The monoisotopic (exact) mass is 280 g/mol. The summed E-state index contributed by atoms with van der Waals surface area (Å²) in [4.78, 5) is 13.8. The highest BCUT2D eigenvalue weighted by Gasteiger charge is 2.28. The van der Waals surface area contributed by atoms with Crippen LogP contribution in [0.25, 0.3) is 0 Å². The predicted octanol–water partition coefficient (Wildman–Crippen LogP) is 2.39. The fourth-order valence-electron chi connectivity index (χ4n) is 2.28. The first-order valence-electron chi connectivity index (χ1n) is 6.30. The minimum atomic E-state index is -0.327. The van der Waals surface area contributed by atoms with E-state index in [-0.39, 0.29) is 10.7 Å². The molecule has 2 N–H and O–H groups in total. The topological polar surface area (TPSA) is 55.6 Å². The van der Waals surface area contributed by atoms with Gasteiger partial charge in [-0.15, -0.1) is 0 Å². The summed E-state index contributed by atoms with van der Waals surface area (Å²) in [7, 11) is 1.39. The molecule has 1 heterocycles. The molecule has 19 heavy (non-hydrogen) atoms. The lowest BCUT2D eigenvalue weighted by molar-refractivity contribution is 0.0601. The second kappa shape index (κ2) is 5.33. The van der Waals surface area contributed by atoms with E-state index in [0.717, 1.165) is 24.5 Å². The van der Waals surface area contributed by atoms with Crippen LogP contribution in [0.4, 0.5) is 11.4 Å². The molecule has 0 aromatic heterocycles. The molecule has 0 spiro atoms. The van der Waals surface area contributed by atoms with Gasteiger partial charge in [-0.05, 0) is 32.0 Å². The number of methoxy groups -OCH3 is 1. The van der Waals surface area contributed by atoms with Crippen molar-refractivity contribution >= 4 is 29.1 Å². The van der Waals surface area contributed by atoms with Crippen molar-refractivity contribution in [3.63, 3.8) is 0 Å². The summed E-state index contributed by atoms with van der Waals surface area (Å²) in [6.07, 6.45) is 0. The van der Waals surface area contributed by atoms with Crippen molar-refractivity contribution in [1.82, 2.24) is 0 Å². The number of hydrogen-bond donors (Lipinski definition) is 1. The van der Waals surface area contributed by atoms with Crippen LogP contribution in [0.5, 0.6) is 0 Å². The Morgan fingerprint density at radius 2 is 2.21 bits per heavy atom. The molecule has 1 aromatic carbocycles. The summed E-state index contributed by atoms with van der Waals surface area (Å²) in [5.74, 6) is 0.737. The lowest BCUT2D eigenvalue weighted by atomic mass is 10.1. The molecule has 0 unspecified atom stereocenters. The Hall–Kier alpha value is -1.36. The fraction of sp³-hybridized carbons (Fsp3) is 0.500. The summed E-state index contributed by atoms with van der Waals surface area (Å²) in [6.45, 7) is 6.32. The van der Waals surface area contributed by atoms with Crippen LogP contribution in [-0.4, -0.2) is 36.7 Å². The van der Waals surface area contributed by atoms with Crippen LogP contribution in [0.15, 0.2) is 18.2 Å². The van der Waals surface area contributed by atoms with E-state index >= 15 is 0 Å². The summed E-state index contributed by atoms with van der Waals surface area (Å²) in [5, 5.41) is 0. The van der Waals surface area contributed by atoms with Crippen LogP contribution >= 0.6 is 11.8 Å². The first kappa shape index (κ1) is 14.1. The molecule has 0 saturated carbocycles. The Bertz CT molecular complexity index is 488. The molecule has 0 bridgehead atoms. The van der Waals surface area contributed by atoms with E-state index in [1.165, 1.54) is 7.11 Å². The number of carbonyl (C=O) groups is 1. The van der Waals surface area contributed by atoms with E-state index in [0.29, 0.717) is 11.3 Å². The van der Waals surface area contributed by atoms with Gasteiger partial charge in [-0.1, -0.05) is 0 Å². The zero-order chi connectivity index (χ0) is 14.0. The number of hydrogen-bond acceptors (Lipinski definition) is 5. The molecule has 1 fully saturated rings. The number of rotatable bonds is 2. The molecule has 4 nitrogen and oxygen atoms in total. The van der Waals surface area contributed by atoms with Crippen molar-refractivity contribution in [1.29, 1.82) is 0 Å². The number of carbonyl (C=O) groups excluding carboxylic acids is 1. The van der Waals surface area contributed by atoms with Crippen molar-refractivity contribution in [3.05, 3.63) is 23.8 Å². The predicted molar refractivity (Wildman–Crippen MR) is 80.9 cm³/mol. The van der Waals surface area contributed by atoms with Crippen LogP contribution in [0, 0.1) is 0 Å². The van der Waals surface area contributed by atoms with Gasteiger partial charge in [-0.3, -0.25) is 0 Å². The lowest BCUT2D eigenvalue weighted by Gasteiger charge is -2.39. The molecule has 5 heteroatoms. The Kier molecular flexibility index (Phi) is 3.94. The van der Waals surface area contributed by atoms with Gasteiger partial charge in [0.15, 0.2) is 0 Å².